The van der Waals surface area contributed by atoms with Crippen LogP contribution in [0.25, 0.3) is 10.8 Å². The zero-order valence-electron chi connectivity index (χ0n) is 13.2. The lowest BCUT2D eigenvalue weighted by atomic mass is 10.1. The highest BCUT2D eigenvalue weighted by molar-refractivity contribution is 6.31. The highest BCUT2D eigenvalue weighted by Gasteiger charge is 2.29. The molecule has 0 saturated carbocycles. The van der Waals surface area contributed by atoms with E-state index in [1.807, 2.05) is 0 Å². The normalized spacial score (nSPS) is 11.5. The number of hydrogen-bond acceptors (Lipinski definition) is 2. The molecular formula is C19H12ClF3O3. The minimum Gasteiger partial charge on any atom is -0.487 e. The van der Waals surface area contributed by atoms with Gasteiger partial charge < -0.3 is 9.84 Å². The third-order valence-electron chi connectivity index (χ3n) is 3.83. The molecule has 7 heteroatoms. The van der Waals surface area contributed by atoms with Gasteiger partial charge in [-0.25, -0.2) is 4.79 Å². The second-order valence-corrected chi connectivity index (χ2v) is 6.03. The van der Waals surface area contributed by atoms with Crippen LogP contribution in [0.1, 0.15) is 21.5 Å². The molecule has 0 radical (unpaired) electrons. The molecule has 0 fully saturated rings. The lowest BCUT2D eigenvalue weighted by Gasteiger charge is -2.13. The van der Waals surface area contributed by atoms with Gasteiger partial charge in [-0.15, -0.1) is 0 Å². The molecule has 0 amide bonds. The van der Waals surface area contributed by atoms with Crippen molar-refractivity contribution in [1.29, 1.82) is 0 Å². The van der Waals surface area contributed by atoms with E-state index in [1.54, 1.807) is 24.3 Å². The summed E-state index contributed by atoms with van der Waals surface area (Å²) in [5, 5.41) is 11.1. The summed E-state index contributed by atoms with van der Waals surface area (Å²) in [6, 6.07) is 12.5. The predicted molar refractivity (Wildman–Crippen MR) is 91.7 cm³/mol. The first kappa shape index (κ1) is 18.1. The summed E-state index contributed by atoms with van der Waals surface area (Å²) in [5.41, 5.74) is -0.329. The molecular weight excluding hydrogens is 369 g/mol. The van der Waals surface area contributed by atoms with E-state index in [-0.39, 0.29) is 17.9 Å². The van der Waals surface area contributed by atoms with Gasteiger partial charge >= 0.3 is 12.1 Å². The summed E-state index contributed by atoms with van der Waals surface area (Å²) >= 11 is 5.99. The molecule has 0 bridgehead atoms. The van der Waals surface area contributed by atoms with Crippen molar-refractivity contribution in [2.45, 2.75) is 12.8 Å². The van der Waals surface area contributed by atoms with Gasteiger partial charge in [0.05, 0.1) is 5.56 Å². The van der Waals surface area contributed by atoms with Crippen molar-refractivity contribution in [1.82, 2.24) is 0 Å². The van der Waals surface area contributed by atoms with Crippen molar-refractivity contribution in [3.05, 3.63) is 76.3 Å². The molecule has 1 N–H and O–H groups in total. The largest absolute Gasteiger partial charge is 0.487 e. The van der Waals surface area contributed by atoms with Crippen LogP contribution in [-0.2, 0) is 12.8 Å². The molecule has 0 aliphatic heterocycles. The summed E-state index contributed by atoms with van der Waals surface area (Å²) in [7, 11) is 0. The Kier molecular flexibility index (Phi) is 4.78. The van der Waals surface area contributed by atoms with E-state index in [0.717, 1.165) is 17.5 Å². The van der Waals surface area contributed by atoms with Crippen molar-refractivity contribution in [2.24, 2.45) is 0 Å². The number of rotatable bonds is 4. The van der Waals surface area contributed by atoms with Gasteiger partial charge in [0.1, 0.15) is 17.9 Å². The standard InChI is InChI=1S/C19H12ClF3O3/c20-14-7-3-12-4-8-15(18(24)25)17(16(12)9-14)26-10-11-1-5-13(6-2-11)19(21,22)23/h1-9H,10H2,(H,24,25). The number of hydrogen-bond donors (Lipinski definition) is 1. The van der Waals surface area contributed by atoms with Crippen LogP contribution in [0.2, 0.25) is 5.02 Å². The monoisotopic (exact) mass is 380 g/mol. The summed E-state index contributed by atoms with van der Waals surface area (Å²) in [5.74, 6) is -1.05. The van der Waals surface area contributed by atoms with Crippen LogP contribution in [0.15, 0.2) is 54.6 Å². The zero-order valence-corrected chi connectivity index (χ0v) is 13.9. The molecule has 0 spiro atoms. The van der Waals surface area contributed by atoms with Crippen molar-refractivity contribution >= 4 is 28.3 Å². The number of aromatic carboxylic acids is 1. The Labute approximate surface area is 151 Å². The van der Waals surface area contributed by atoms with Crippen LogP contribution in [-0.4, -0.2) is 11.1 Å². The van der Waals surface area contributed by atoms with Gasteiger partial charge in [0.15, 0.2) is 0 Å². The van der Waals surface area contributed by atoms with E-state index < -0.39 is 17.7 Å². The molecule has 0 aromatic heterocycles. The first-order chi connectivity index (χ1) is 12.3. The quantitative estimate of drug-likeness (QED) is 0.623. The summed E-state index contributed by atoms with van der Waals surface area (Å²) in [4.78, 5) is 11.5. The van der Waals surface area contributed by atoms with E-state index in [9.17, 15) is 23.1 Å². The fourth-order valence-electron chi connectivity index (χ4n) is 2.53. The van der Waals surface area contributed by atoms with Crippen LogP contribution in [0.5, 0.6) is 5.75 Å². The van der Waals surface area contributed by atoms with Gasteiger partial charge in [0.25, 0.3) is 0 Å². The van der Waals surface area contributed by atoms with Gasteiger partial charge in [-0.05, 0) is 41.3 Å². The molecule has 3 aromatic rings. The van der Waals surface area contributed by atoms with Gasteiger partial charge in [0.2, 0.25) is 0 Å². The van der Waals surface area contributed by atoms with Crippen molar-refractivity contribution in [2.75, 3.05) is 0 Å². The fourth-order valence-corrected chi connectivity index (χ4v) is 2.71. The molecule has 3 rings (SSSR count). The maximum atomic E-state index is 12.6. The number of alkyl halides is 3. The average molecular weight is 381 g/mol. The topological polar surface area (TPSA) is 46.5 Å². The Morgan fingerprint density at radius 3 is 2.31 bits per heavy atom. The molecule has 0 aliphatic carbocycles. The Morgan fingerprint density at radius 1 is 1.04 bits per heavy atom. The second kappa shape index (κ2) is 6.88. The molecule has 0 saturated heterocycles. The lowest BCUT2D eigenvalue weighted by molar-refractivity contribution is -0.137. The highest BCUT2D eigenvalue weighted by atomic mass is 35.5. The van der Waals surface area contributed by atoms with Crippen molar-refractivity contribution in [3.8, 4) is 5.75 Å². The van der Waals surface area contributed by atoms with Crippen LogP contribution >= 0.6 is 11.6 Å². The lowest BCUT2D eigenvalue weighted by Crippen LogP contribution is -2.06. The molecule has 3 nitrogen and oxygen atoms in total. The Balaban J connectivity index is 1.93. The summed E-state index contributed by atoms with van der Waals surface area (Å²) < 4.78 is 43.5. The van der Waals surface area contributed by atoms with E-state index in [4.69, 9.17) is 16.3 Å². The van der Waals surface area contributed by atoms with E-state index in [0.29, 0.717) is 16.0 Å². The Hall–Kier alpha value is -2.73. The smallest absolute Gasteiger partial charge is 0.416 e. The fraction of sp³-hybridized carbons (Fsp3) is 0.105. The van der Waals surface area contributed by atoms with Crippen LogP contribution in [0, 0.1) is 0 Å². The first-order valence-electron chi connectivity index (χ1n) is 7.50. The number of carbonyl (C=O) groups is 1. The number of benzene rings is 3. The van der Waals surface area contributed by atoms with Gasteiger partial charge in [-0.1, -0.05) is 35.9 Å². The van der Waals surface area contributed by atoms with Gasteiger partial charge in [-0.3, -0.25) is 0 Å². The third kappa shape index (κ3) is 3.75. The SMILES string of the molecule is O=C(O)c1ccc2ccc(Cl)cc2c1OCc1ccc(C(F)(F)F)cc1. The van der Waals surface area contributed by atoms with Crippen LogP contribution in [0.4, 0.5) is 13.2 Å². The average Bonchev–Trinajstić information content (AvgIpc) is 2.59. The maximum Gasteiger partial charge on any atom is 0.416 e. The first-order valence-corrected chi connectivity index (χ1v) is 7.88. The number of carboxylic acids is 1. The molecule has 3 aromatic carbocycles. The Bertz CT molecular complexity index is 966. The Morgan fingerprint density at radius 2 is 1.69 bits per heavy atom. The highest BCUT2D eigenvalue weighted by Crippen LogP contribution is 2.33. The molecule has 0 heterocycles. The predicted octanol–water partition coefficient (Wildman–Crippen LogP) is 5.79. The molecule has 0 unspecified atom stereocenters. The summed E-state index contributed by atoms with van der Waals surface area (Å²) in [6.07, 6.45) is -4.41. The van der Waals surface area contributed by atoms with Crippen molar-refractivity contribution < 1.29 is 27.8 Å². The van der Waals surface area contributed by atoms with E-state index in [2.05, 4.69) is 0 Å². The van der Waals surface area contributed by atoms with Crippen LogP contribution in [0.3, 0.4) is 0 Å². The summed E-state index contributed by atoms with van der Waals surface area (Å²) in [6.45, 7) is -0.0793. The number of halogens is 4. The molecule has 0 aliphatic rings. The number of fused-ring (bicyclic) bond motifs is 1. The molecule has 134 valence electrons. The molecule has 26 heavy (non-hydrogen) atoms. The second-order valence-electron chi connectivity index (χ2n) is 5.60. The minimum absolute atomic E-state index is 0.0494. The van der Waals surface area contributed by atoms with Gasteiger partial charge in [-0.2, -0.15) is 13.2 Å². The molecule has 0 atom stereocenters. The zero-order chi connectivity index (χ0) is 18.9. The number of carboxylic acid groups (broad SMARTS) is 1. The maximum absolute atomic E-state index is 12.6. The van der Waals surface area contributed by atoms with Crippen molar-refractivity contribution in [3.63, 3.8) is 0 Å². The van der Waals surface area contributed by atoms with E-state index >= 15 is 0 Å². The third-order valence-corrected chi connectivity index (χ3v) is 4.06. The van der Waals surface area contributed by atoms with E-state index in [1.165, 1.54) is 18.2 Å². The van der Waals surface area contributed by atoms with Crippen LogP contribution < -0.4 is 4.74 Å². The minimum atomic E-state index is -4.41. The van der Waals surface area contributed by atoms with Gasteiger partial charge in [0, 0.05) is 10.4 Å². The number of ether oxygens (including phenoxy) is 1.